The van der Waals surface area contributed by atoms with Crippen molar-refractivity contribution in [3.05, 3.63) is 42.1 Å². The molecule has 0 amide bonds. The zero-order chi connectivity index (χ0) is 15.2. The summed E-state index contributed by atoms with van der Waals surface area (Å²) in [5, 5.41) is 0. The molecule has 0 aliphatic rings. The van der Waals surface area contributed by atoms with Crippen LogP contribution in [0.25, 0.3) is 22.6 Å². The van der Waals surface area contributed by atoms with Gasteiger partial charge in [-0.25, -0.2) is 19.3 Å². The Morgan fingerprint density at radius 3 is 2.62 bits per heavy atom. The van der Waals surface area contributed by atoms with E-state index in [9.17, 15) is 17.6 Å². The molecule has 0 aliphatic heterocycles. The lowest BCUT2D eigenvalue weighted by Crippen LogP contribution is -2.07. The minimum atomic E-state index is -4.55. The third kappa shape index (κ3) is 2.22. The van der Waals surface area contributed by atoms with Gasteiger partial charge >= 0.3 is 6.18 Å². The summed E-state index contributed by atoms with van der Waals surface area (Å²) in [5.41, 5.74) is -0.617. The van der Waals surface area contributed by atoms with Crippen molar-refractivity contribution in [2.45, 2.75) is 6.18 Å². The average molecular weight is 296 g/mol. The summed E-state index contributed by atoms with van der Waals surface area (Å²) in [7, 11) is 1.56. The maximum atomic E-state index is 13.7. The summed E-state index contributed by atoms with van der Waals surface area (Å²) >= 11 is 0. The predicted octanol–water partition coefficient (Wildman–Crippen LogP) is 3.19. The van der Waals surface area contributed by atoms with Crippen molar-refractivity contribution in [2.75, 3.05) is 0 Å². The molecule has 0 bridgehead atoms. The van der Waals surface area contributed by atoms with Gasteiger partial charge in [-0.05, 0) is 18.2 Å². The van der Waals surface area contributed by atoms with Gasteiger partial charge in [-0.1, -0.05) is 0 Å². The standard InChI is InChI=1S/C13H8F4N4/c1-21-9-6-19-10(13(15,16)17)5-8(9)20-12(21)11-7(14)3-2-4-18-11/h2-6H,1H3. The highest BCUT2D eigenvalue weighted by Gasteiger charge is 2.33. The van der Waals surface area contributed by atoms with Gasteiger partial charge in [-0.15, -0.1) is 0 Å². The van der Waals surface area contributed by atoms with E-state index in [2.05, 4.69) is 15.0 Å². The lowest BCUT2D eigenvalue weighted by molar-refractivity contribution is -0.141. The molecule has 0 aromatic carbocycles. The zero-order valence-corrected chi connectivity index (χ0v) is 10.7. The highest BCUT2D eigenvalue weighted by atomic mass is 19.4. The van der Waals surface area contributed by atoms with Gasteiger partial charge in [-0.2, -0.15) is 13.2 Å². The molecular weight excluding hydrogens is 288 g/mol. The van der Waals surface area contributed by atoms with Crippen LogP contribution in [0.15, 0.2) is 30.6 Å². The van der Waals surface area contributed by atoms with E-state index in [0.29, 0.717) is 5.52 Å². The maximum absolute atomic E-state index is 13.7. The predicted molar refractivity (Wildman–Crippen MR) is 66.7 cm³/mol. The van der Waals surface area contributed by atoms with Crippen molar-refractivity contribution in [1.29, 1.82) is 0 Å². The quantitative estimate of drug-likeness (QED) is 0.648. The van der Waals surface area contributed by atoms with E-state index in [1.807, 2.05) is 0 Å². The minimum Gasteiger partial charge on any atom is -0.324 e. The highest BCUT2D eigenvalue weighted by Crippen LogP contribution is 2.30. The Kier molecular flexibility index (Phi) is 2.89. The average Bonchev–Trinajstić information content (AvgIpc) is 2.75. The SMILES string of the molecule is Cn1c(-c2ncccc2F)nc2cc(C(F)(F)F)ncc21. The highest BCUT2D eigenvalue weighted by molar-refractivity contribution is 5.79. The van der Waals surface area contributed by atoms with Crippen LogP contribution < -0.4 is 0 Å². The molecule has 3 rings (SSSR count). The molecule has 3 aromatic heterocycles. The first-order valence-corrected chi connectivity index (χ1v) is 5.88. The third-order valence-electron chi connectivity index (χ3n) is 3.03. The van der Waals surface area contributed by atoms with E-state index < -0.39 is 17.7 Å². The molecule has 0 saturated carbocycles. The fourth-order valence-electron chi connectivity index (χ4n) is 2.01. The van der Waals surface area contributed by atoms with Crippen LogP contribution in [0, 0.1) is 5.82 Å². The van der Waals surface area contributed by atoms with Crippen molar-refractivity contribution >= 4 is 11.0 Å². The molecule has 0 unspecified atom stereocenters. The smallest absolute Gasteiger partial charge is 0.324 e. The second-order valence-corrected chi connectivity index (χ2v) is 4.38. The largest absolute Gasteiger partial charge is 0.433 e. The number of nitrogens with zero attached hydrogens (tertiary/aromatic N) is 4. The van der Waals surface area contributed by atoms with E-state index in [-0.39, 0.29) is 17.0 Å². The van der Waals surface area contributed by atoms with E-state index >= 15 is 0 Å². The number of halogens is 4. The molecule has 4 nitrogen and oxygen atoms in total. The zero-order valence-electron chi connectivity index (χ0n) is 10.7. The van der Waals surface area contributed by atoms with Gasteiger partial charge in [0.25, 0.3) is 0 Å². The lowest BCUT2D eigenvalue weighted by Gasteiger charge is -2.04. The Bertz CT molecular complexity index is 823. The molecular formula is C13H8F4N4. The first-order chi connectivity index (χ1) is 9.88. The van der Waals surface area contributed by atoms with Crippen LogP contribution in [0.5, 0.6) is 0 Å². The Hall–Kier alpha value is -2.51. The van der Waals surface area contributed by atoms with E-state index in [4.69, 9.17) is 0 Å². The van der Waals surface area contributed by atoms with Gasteiger partial charge in [0.05, 0.1) is 17.2 Å². The summed E-state index contributed by atoms with van der Waals surface area (Å²) in [6.45, 7) is 0. The first-order valence-electron chi connectivity index (χ1n) is 5.88. The Balaban J connectivity index is 2.23. The number of aryl methyl sites for hydroxylation is 1. The summed E-state index contributed by atoms with van der Waals surface area (Å²) in [4.78, 5) is 11.3. The number of hydrogen-bond donors (Lipinski definition) is 0. The van der Waals surface area contributed by atoms with Gasteiger partial charge in [0, 0.05) is 13.2 Å². The van der Waals surface area contributed by atoms with Crippen LogP contribution in [0.1, 0.15) is 5.69 Å². The van der Waals surface area contributed by atoms with Gasteiger partial charge in [0.1, 0.15) is 11.4 Å². The molecule has 108 valence electrons. The van der Waals surface area contributed by atoms with Gasteiger partial charge in [0.2, 0.25) is 0 Å². The number of fused-ring (bicyclic) bond motifs is 1. The lowest BCUT2D eigenvalue weighted by atomic mass is 10.3. The molecule has 0 radical (unpaired) electrons. The fraction of sp³-hybridized carbons (Fsp3) is 0.154. The van der Waals surface area contributed by atoms with Crippen LogP contribution in [0.4, 0.5) is 17.6 Å². The fourth-order valence-corrected chi connectivity index (χ4v) is 2.01. The van der Waals surface area contributed by atoms with Crippen molar-refractivity contribution in [1.82, 2.24) is 19.5 Å². The first kappa shape index (κ1) is 13.5. The molecule has 0 fully saturated rings. The van der Waals surface area contributed by atoms with Crippen molar-refractivity contribution in [3.63, 3.8) is 0 Å². The Morgan fingerprint density at radius 2 is 1.95 bits per heavy atom. The van der Waals surface area contributed by atoms with E-state index in [1.165, 1.54) is 22.9 Å². The molecule has 8 heteroatoms. The number of hydrogen-bond acceptors (Lipinski definition) is 3. The molecule has 21 heavy (non-hydrogen) atoms. The molecule has 3 aromatic rings. The number of pyridine rings is 2. The minimum absolute atomic E-state index is 0.0234. The van der Waals surface area contributed by atoms with Gasteiger partial charge in [-0.3, -0.25) is 0 Å². The normalized spacial score (nSPS) is 12.0. The number of rotatable bonds is 1. The second-order valence-electron chi connectivity index (χ2n) is 4.38. The van der Waals surface area contributed by atoms with Gasteiger partial charge < -0.3 is 4.57 Å². The molecule has 0 N–H and O–H groups in total. The van der Waals surface area contributed by atoms with E-state index in [1.54, 1.807) is 7.05 Å². The maximum Gasteiger partial charge on any atom is 0.433 e. The van der Waals surface area contributed by atoms with Crippen molar-refractivity contribution < 1.29 is 17.6 Å². The number of alkyl halides is 3. The van der Waals surface area contributed by atoms with Crippen molar-refractivity contribution in [2.24, 2.45) is 7.05 Å². The van der Waals surface area contributed by atoms with Crippen molar-refractivity contribution in [3.8, 4) is 11.5 Å². The Labute approximate surface area is 116 Å². The molecule has 0 atom stereocenters. The summed E-state index contributed by atoms with van der Waals surface area (Å²) < 4.78 is 53.1. The molecule has 3 heterocycles. The summed E-state index contributed by atoms with van der Waals surface area (Å²) in [5.74, 6) is -0.455. The molecule has 0 saturated heterocycles. The number of imidazole rings is 1. The summed E-state index contributed by atoms with van der Waals surface area (Å²) in [6.07, 6.45) is -2.10. The van der Waals surface area contributed by atoms with Crippen LogP contribution >= 0.6 is 0 Å². The van der Waals surface area contributed by atoms with E-state index in [0.717, 1.165) is 12.3 Å². The van der Waals surface area contributed by atoms with Gasteiger partial charge in [0.15, 0.2) is 11.6 Å². The Morgan fingerprint density at radius 1 is 1.19 bits per heavy atom. The monoisotopic (exact) mass is 296 g/mol. The third-order valence-corrected chi connectivity index (χ3v) is 3.03. The van der Waals surface area contributed by atoms with Crippen LogP contribution in [0.3, 0.4) is 0 Å². The second kappa shape index (κ2) is 4.51. The van der Waals surface area contributed by atoms with Crippen LogP contribution in [-0.4, -0.2) is 19.5 Å². The number of aromatic nitrogens is 4. The summed E-state index contributed by atoms with van der Waals surface area (Å²) in [6, 6.07) is 3.46. The van der Waals surface area contributed by atoms with Crippen LogP contribution in [0.2, 0.25) is 0 Å². The molecule has 0 aliphatic carbocycles. The topological polar surface area (TPSA) is 43.6 Å². The molecule has 0 spiro atoms. The van der Waals surface area contributed by atoms with Crippen LogP contribution in [-0.2, 0) is 13.2 Å².